The highest BCUT2D eigenvalue weighted by Gasteiger charge is 2.50. The zero-order valence-electron chi connectivity index (χ0n) is 19.8. The second kappa shape index (κ2) is 8.21. The average Bonchev–Trinajstić information content (AvgIpc) is 3.33. The van der Waals surface area contributed by atoms with Crippen molar-refractivity contribution in [3.05, 3.63) is 54.0 Å². The van der Waals surface area contributed by atoms with E-state index in [2.05, 4.69) is 53.1 Å². The number of hydrogen-bond donors (Lipinski definition) is 4. The number of aromatic nitrogens is 4. The number of hydrogen-bond acceptors (Lipinski definition) is 7. The van der Waals surface area contributed by atoms with E-state index in [0.29, 0.717) is 29.6 Å². The van der Waals surface area contributed by atoms with E-state index < -0.39 is 17.6 Å². The summed E-state index contributed by atoms with van der Waals surface area (Å²) in [6, 6.07) is 9.96. The highest BCUT2D eigenvalue weighted by molar-refractivity contribution is 5.86. The van der Waals surface area contributed by atoms with E-state index in [4.69, 9.17) is 11.5 Å². The van der Waals surface area contributed by atoms with E-state index in [0.717, 1.165) is 40.3 Å². The number of aliphatic hydroxyl groups excluding tert-OH is 2. The average molecular weight is 461 g/mol. The maximum Gasteiger partial charge on any atom is 0.145 e. The lowest BCUT2D eigenvalue weighted by atomic mass is 9.80. The first-order valence-corrected chi connectivity index (χ1v) is 11.8. The van der Waals surface area contributed by atoms with Crippen molar-refractivity contribution in [3.8, 4) is 0 Å². The van der Waals surface area contributed by atoms with E-state index >= 15 is 0 Å². The van der Waals surface area contributed by atoms with Crippen LogP contribution in [0.1, 0.15) is 56.7 Å². The molecular formula is C26H32N6O2. The number of nitrogens with two attached hydrogens (primary N) is 2. The second-order valence-electron chi connectivity index (χ2n) is 10.2. The quantitative estimate of drug-likeness (QED) is 0.357. The van der Waals surface area contributed by atoms with Crippen molar-refractivity contribution in [2.24, 2.45) is 5.41 Å². The van der Waals surface area contributed by atoms with Gasteiger partial charge in [-0.15, -0.1) is 0 Å². The molecule has 1 saturated carbocycles. The Bertz CT molecular complexity index is 1370. The molecule has 1 fully saturated rings. The van der Waals surface area contributed by atoms with Crippen LogP contribution in [0.15, 0.2) is 42.9 Å². The molecule has 8 nitrogen and oxygen atoms in total. The molecule has 178 valence electrons. The van der Waals surface area contributed by atoms with Gasteiger partial charge in [0.05, 0.1) is 23.0 Å². The van der Waals surface area contributed by atoms with Crippen LogP contribution in [-0.2, 0) is 6.42 Å². The molecule has 0 aliphatic heterocycles. The van der Waals surface area contributed by atoms with Crippen molar-refractivity contribution >= 4 is 33.6 Å². The molecule has 0 radical (unpaired) electrons. The normalized spacial score (nSPS) is 25.1. The second-order valence-corrected chi connectivity index (χ2v) is 10.2. The number of nitrogen functional groups attached to an aromatic ring is 2. The summed E-state index contributed by atoms with van der Waals surface area (Å²) in [6.07, 6.45) is 3.66. The molecule has 0 saturated heterocycles. The predicted molar refractivity (Wildman–Crippen MR) is 134 cm³/mol. The minimum Gasteiger partial charge on any atom is -0.390 e. The lowest BCUT2D eigenvalue weighted by molar-refractivity contribution is -0.0241. The van der Waals surface area contributed by atoms with Crippen molar-refractivity contribution in [2.75, 3.05) is 11.5 Å². The van der Waals surface area contributed by atoms with Crippen LogP contribution in [0.3, 0.4) is 0 Å². The molecule has 1 aliphatic carbocycles. The monoisotopic (exact) mass is 460 g/mol. The zero-order valence-corrected chi connectivity index (χ0v) is 19.8. The Morgan fingerprint density at radius 3 is 2.68 bits per heavy atom. The molecule has 0 amide bonds. The standard InChI is InChI=1S/C26H32N6O2/c1-14(2)18-11-16-5-4-15(10-19(16)31-24(18)28)6-8-26(3)12-20(21(33)22(26)34)32-9-7-17-23(27)29-13-30-25(17)32/h4-5,7,9-11,13-14,20-22,33-34H,6,8,12H2,1-3H3,(H2,28,31)(H2,27,29,30)/t20-,21+,22+,26+/m1/s1. The zero-order chi connectivity index (χ0) is 24.2. The highest BCUT2D eigenvalue weighted by Crippen LogP contribution is 2.48. The Labute approximate surface area is 198 Å². The van der Waals surface area contributed by atoms with Gasteiger partial charge in [-0.25, -0.2) is 15.0 Å². The van der Waals surface area contributed by atoms with Gasteiger partial charge in [-0.2, -0.15) is 0 Å². The SMILES string of the molecule is CC(C)c1cc2ccc(CC[C@@]3(C)C[C@@H](n4ccc5c(N)ncnc54)[C@H](O)[C@@H]3O)cc2nc1N. The molecule has 5 rings (SSSR count). The third kappa shape index (κ3) is 3.67. The molecule has 0 spiro atoms. The first-order valence-electron chi connectivity index (χ1n) is 11.8. The fraction of sp³-hybridized carbons (Fsp3) is 0.423. The molecule has 3 aromatic heterocycles. The Balaban J connectivity index is 1.37. The van der Waals surface area contributed by atoms with Gasteiger partial charge in [-0.05, 0) is 59.9 Å². The van der Waals surface area contributed by atoms with Gasteiger partial charge >= 0.3 is 0 Å². The minimum absolute atomic E-state index is 0.292. The number of rotatable bonds is 5. The molecule has 1 aromatic carbocycles. The summed E-state index contributed by atoms with van der Waals surface area (Å²) in [5, 5.41) is 23.8. The smallest absolute Gasteiger partial charge is 0.145 e. The van der Waals surface area contributed by atoms with Crippen LogP contribution < -0.4 is 11.5 Å². The largest absolute Gasteiger partial charge is 0.390 e. The molecule has 4 aromatic rings. The number of aryl methyl sites for hydroxylation is 1. The number of nitrogens with zero attached hydrogens (tertiary/aromatic N) is 4. The molecule has 4 atom stereocenters. The van der Waals surface area contributed by atoms with Gasteiger partial charge in [0.25, 0.3) is 0 Å². The number of aliphatic hydroxyl groups is 2. The van der Waals surface area contributed by atoms with Gasteiger partial charge in [0.2, 0.25) is 0 Å². The first kappa shape index (κ1) is 22.6. The van der Waals surface area contributed by atoms with Crippen LogP contribution >= 0.6 is 0 Å². The van der Waals surface area contributed by atoms with E-state index in [1.165, 1.54) is 6.33 Å². The predicted octanol–water partition coefficient (Wildman–Crippen LogP) is 3.57. The summed E-state index contributed by atoms with van der Waals surface area (Å²) in [7, 11) is 0. The Hall–Kier alpha value is -3.23. The Kier molecular flexibility index (Phi) is 5.45. The maximum absolute atomic E-state index is 11.0. The van der Waals surface area contributed by atoms with Crippen LogP contribution in [0.5, 0.6) is 0 Å². The van der Waals surface area contributed by atoms with Crippen molar-refractivity contribution in [1.29, 1.82) is 0 Å². The lowest BCUT2D eigenvalue weighted by Crippen LogP contribution is -2.35. The minimum atomic E-state index is -0.899. The van der Waals surface area contributed by atoms with Gasteiger partial charge in [0, 0.05) is 11.6 Å². The topological polar surface area (TPSA) is 136 Å². The summed E-state index contributed by atoms with van der Waals surface area (Å²) in [5.41, 5.74) is 15.5. The van der Waals surface area contributed by atoms with Crippen LogP contribution in [0.2, 0.25) is 0 Å². The van der Waals surface area contributed by atoms with Crippen molar-refractivity contribution < 1.29 is 10.2 Å². The molecule has 0 unspecified atom stereocenters. The van der Waals surface area contributed by atoms with Crippen LogP contribution in [-0.4, -0.2) is 41.9 Å². The summed E-state index contributed by atoms with van der Waals surface area (Å²) >= 11 is 0. The third-order valence-corrected chi connectivity index (χ3v) is 7.55. The van der Waals surface area contributed by atoms with Crippen LogP contribution in [0.4, 0.5) is 11.6 Å². The van der Waals surface area contributed by atoms with Gasteiger partial charge in [-0.3, -0.25) is 0 Å². The summed E-state index contributed by atoms with van der Waals surface area (Å²) < 4.78 is 1.92. The number of pyridine rings is 1. The summed E-state index contributed by atoms with van der Waals surface area (Å²) in [6.45, 7) is 6.27. The van der Waals surface area contributed by atoms with E-state index in [9.17, 15) is 10.2 Å². The fourth-order valence-electron chi connectivity index (χ4n) is 5.40. The van der Waals surface area contributed by atoms with E-state index in [1.54, 1.807) is 0 Å². The van der Waals surface area contributed by atoms with Gasteiger partial charge < -0.3 is 26.2 Å². The van der Waals surface area contributed by atoms with Crippen LogP contribution in [0.25, 0.3) is 21.9 Å². The molecule has 8 heteroatoms. The summed E-state index contributed by atoms with van der Waals surface area (Å²) in [4.78, 5) is 13.0. The van der Waals surface area contributed by atoms with Gasteiger partial charge in [0.15, 0.2) is 0 Å². The maximum atomic E-state index is 11.0. The lowest BCUT2D eigenvalue weighted by Gasteiger charge is -2.28. The number of fused-ring (bicyclic) bond motifs is 2. The van der Waals surface area contributed by atoms with Gasteiger partial charge in [0.1, 0.15) is 29.7 Å². The molecule has 6 N–H and O–H groups in total. The van der Waals surface area contributed by atoms with Crippen molar-refractivity contribution in [2.45, 2.75) is 64.2 Å². The summed E-state index contributed by atoms with van der Waals surface area (Å²) in [5.74, 6) is 1.30. The van der Waals surface area contributed by atoms with Gasteiger partial charge in [-0.1, -0.05) is 32.9 Å². The molecular weight excluding hydrogens is 428 g/mol. The highest BCUT2D eigenvalue weighted by atomic mass is 16.3. The Morgan fingerprint density at radius 2 is 1.91 bits per heavy atom. The number of benzene rings is 1. The first-order chi connectivity index (χ1) is 16.2. The van der Waals surface area contributed by atoms with E-state index in [-0.39, 0.29) is 6.04 Å². The van der Waals surface area contributed by atoms with Crippen molar-refractivity contribution in [3.63, 3.8) is 0 Å². The molecule has 34 heavy (non-hydrogen) atoms. The number of anilines is 2. The van der Waals surface area contributed by atoms with Crippen LogP contribution in [0, 0.1) is 5.41 Å². The molecule has 1 aliphatic rings. The van der Waals surface area contributed by atoms with Crippen molar-refractivity contribution in [1.82, 2.24) is 19.5 Å². The van der Waals surface area contributed by atoms with E-state index in [1.807, 2.05) is 23.8 Å². The molecule has 0 bridgehead atoms. The Morgan fingerprint density at radius 1 is 1.12 bits per heavy atom. The third-order valence-electron chi connectivity index (χ3n) is 7.55. The molecule has 3 heterocycles. The fourth-order valence-corrected chi connectivity index (χ4v) is 5.40.